The molecule has 0 heterocycles. The van der Waals surface area contributed by atoms with Crippen LogP contribution in [-0.2, 0) is 20.8 Å². The molecule has 3 N–H and O–H groups in total. The van der Waals surface area contributed by atoms with Gasteiger partial charge in [0.1, 0.15) is 0 Å². The number of primary amides is 1. The van der Waals surface area contributed by atoms with Crippen LogP contribution in [0.25, 0.3) is 6.08 Å². The van der Waals surface area contributed by atoms with Crippen molar-refractivity contribution in [1.29, 1.82) is 0 Å². The number of aryl methyl sites for hydroxylation is 1. The fraction of sp³-hybridized carbons (Fsp3) is 0.370. The zero-order chi connectivity index (χ0) is 22.8. The van der Waals surface area contributed by atoms with Gasteiger partial charge in [-0.3, -0.25) is 14.4 Å². The van der Waals surface area contributed by atoms with Gasteiger partial charge in [0.05, 0.1) is 6.54 Å². The third-order valence-corrected chi connectivity index (χ3v) is 6.17. The molecule has 2 aromatic carbocycles. The van der Waals surface area contributed by atoms with E-state index >= 15 is 0 Å². The first-order chi connectivity index (χ1) is 15.5. The van der Waals surface area contributed by atoms with E-state index in [-0.39, 0.29) is 42.4 Å². The van der Waals surface area contributed by atoms with E-state index in [0.717, 1.165) is 43.2 Å². The highest BCUT2D eigenvalue weighted by atomic mass is 16.2. The smallest absolute Gasteiger partial charge is 0.247 e. The summed E-state index contributed by atoms with van der Waals surface area (Å²) < 4.78 is 0. The first-order valence-electron chi connectivity index (χ1n) is 11.4. The van der Waals surface area contributed by atoms with E-state index in [2.05, 4.69) is 5.32 Å². The molecule has 5 nitrogen and oxygen atoms in total. The van der Waals surface area contributed by atoms with Crippen LogP contribution in [0.3, 0.4) is 0 Å². The molecule has 1 saturated carbocycles. The van der Waals surface area contributed by atoms with Crippen molar-refractivity contribution in [2.45, 2.75) is 44.9 Å². The Bertz CT molecular complexity index is 938. The second-order valence-electron chi connectivity index (χ2n) is 8.54. The summed E-state index contributed by atoms with van der Waals surface area (Å²) in [6, 6.07) is 19.7. The second kappa shape index (κ2) is 12.0. The van der Waals surface area contributed by atoms with Crippen LogP contribution in [0.2, 0.25) is 0 Å². The molecular formula is C27H32N2O3. The summed E-state index contributed by atoms with van der Waals surface area (Å²) in [5.41, 5.74) is 8.27. The molecule has 2 aromatic rings. The molecule has 2 amide bonds. The Labute approximate surface area is 190 Å². The van der Waals surface area contributed by atoms with Gasteiger partial charge in [-0.05, 0) is 48.8 Å². The molecule has 1 aliphatic carbocycles. The Hall–Kier alpha value is -3.21. The van der Waals surface area contributed by atoms with Crippen molar-refractivity contribution in [1.82, 2.24) is 5.32 Å². The molecule has 1 fully saturated rings. The van der Waals surface area contributed by atoms with Gasteiger partial charge in [0.25, 0.3) is 0 Å². The second-order valence-corrected chi connectivity index (χ2v) is 8.54. The van der Waals surface area contributed by atoms with E-state index in [1.165, 1.54) is 0 Å². The topological polar surface area (TPSA) is 89.3 Å². The minimum atomic E-state index is -0.319. The highest BCUT2D eigenvalue weighted by Gasteiger charge is 2.30. The number of carbonyl (C=O) groups is 3. The average molecular weight is 433 g/mol. The van der Waals surface area contributed by atoms with Crippen molar-refractivity contribution in [2.24, 2.45) is 17.6 Å². The first-order valence-corrected chi connectivity index (χ1v) is 11.4. The molecule has 0 radical (unpaired) electrons. The molecule has 0 unspecified atom stereocenters. The third kappa shape index (κ3) is 7.19. The standard InChI is InChI=1S/C27H32N2O3/c28-26(31)25-14-8-7-13-22(25)18-24(30)19-29-27(32)23(17-21-11-5-2-6-12-21)16-15-20-9-3-1-4-10-20/h1-6,9-12,17,22,25H,7-8,13-16,18-19H2,(H2,28,31)(H,29,32)/b23-17+/t22-,25+/m0/s1. The number of nitrogens with one attached hydrogen (secondary N) is 1. The van der Waals surface area contributed by atoms with Crippen LogP contribution in [0, 0.1) is 11.8 Å². The van der Waals surface area contributed by atoms with Crippen LogP contribution in [0.1, 0.15) is 49.7 Å². The number of ketones is 1. The largest absolute Gasteiger partial charge is 0.369 e. The highest BCUT2D eigenvalue weighted by molar-refractivity contribution is 5.99. The zero-order valence-corrected chi connectivity index (χ0v) is 18.5. The molecule has 0 saturated heterocycles. The zero-order valence-electron chi connectivity index (χ0n) is 18.5. The van der Waals surface area contributed by atoms with Gasteiger partial charge in [0.15, 0.2) is 5.78 Å². The number of hydrogen-bond donors (Lipinski definition) is 2. The Morgan fingerprint density at radius 1 is 0.938 bits per heavy atom. The lowest BCUT2D eigenvalue weighted by molar-refractivity contribution is -0.127. The maximum atomic E-state index is 12.9. The van der Waals surface area contributed by atoms with Crippen molar-refractivity contribution in [2.75, 3.05) is 6.54 Å². The molecule has 3 rings (SSSR count). The van der Waals surface area contributed by atoms with Gasteiger partial charge in [0, 0.05) is 17.9 Å². The number of nitrogens with two attached hydrogens (primary N) is 1. The van der Waals surface area contributed by atoms with Crippen LogP contribution in [-0.4, -0.2) is 24.1 Å². The van der Waals surface area contributed by atoms with Gasteiger partial charge in [0.2, 0.25) is 11.8 Å². The number of carbonyl (C=O) groups excluding carboxylic acids is 3. The van der Waals surface area contributed by atoms with Crippen LogP contribution in [0.5, 0.6) is 0 Å². The lowest BCUT2D eigenvalue weighted by Gasteiger charge is -2.28. The summed E-state index contributed by atoms with van der Waals surface area (Å²) in [6.45, 7) is -0.0295. The van der Waals surface area contributed by atoms with Gasteiger partial charge in [-0.15, -0.1) is 0 Å². The molecular weight excluding hydrogens is 400 g/mol. The molecule has 1 aliphatic rings. The van der Waals surface area contributed by atoms with Gasteiger partial charge >= 0.3 is 0 Å². The SMILES string of the molecule is NC(=O)[C@@H]1CCCC[C@H]1CC(=O)CNC(=O)/C(=C/c1ccccc1)CCc1ccccc1. The fourth-order valence-corrected chi connectivity index (χ4v) is 4.41. The molecule has 5 heteroatoms. The summed E-state index contributed by atoms with van der Waals surface area (Å²) >= 11 is 0. The summed E-state index contributed by atoms with van der Waals surface area (Å²) in [7, 11) is 0. The van der Waals surface area contributed by atoms with E-state index in [1.54, 1.807) is 0 Å². The molecule has 0 spiro atoms. The van der Waals surface area contributed by atoms with Crippen LogP contribution in [0.4, 0.5) is 0 Å². The van der Waals surface area contributed by atoms with E-state index in [9.17, 15) is 14.4 Å². The monoisotopic (exact) mass is 432 g/mol. The summed E-state index contributed by atoms with van der Waals surface area (Å²) in [5, 5.41) is 2.80. The predicted molar refractivity (Wildman–Crippen MR) is 126 cm³/mol. The molecule has 0 aromatic heterocycles. The number of rotatable bonds is 10. The van der Waals surface area contributed by atoms with Crippen molar-refractivity contribution in [3.8, 4) is 0 Å². The van der Waals surface area contributed by atoms with E-state index < -0.39 is 0 Å². The average Bonchev–Trinajstić information content (AvgIpc) is 2.81. The highest BCUT2D eigenvalue weighted by Crippen LogP contribution is 2.32. The van der Waals surface area contributed by atoms with Crippen molar-refractivity contribution in [3.05, 3.63) is 77.4 Å². The summed E-state index contributed by atoms with van der Waals surface area (Å²) in [5.74, 6) is -0.849. The minimum absolute atomic E-state index is 0.0111. The lowest BCUT2D eigenvalue weighted by Crippen LogP contribution is -2.36. The van der Waals surface area contributed by atoms with Gasteiger partial charge in [-0.2, -0.15) is 0 Å². The molecule has 168 valence electrons. The normalized spacial score (nSPS) is 18.7. The molecule has 0 bridgehead atoms. The first kappa shape index (κ1) is 23.5. The Morgan fingerprint density at radius 3 is 2.28 bits per heavy atom. The van der Waals surface area contributed by atoms with Gasteiger partial charge in [-0.25, -0.2) is 0 Å². The minimum Gasteiger partial charge on any atom is -0.369 e. The van der Waals surface area contributed by atoms with E-state index in [0.29, 0.717) is 12.0 Å². The number of Topliss-reactive ketones (excluding diaryl/α,β-unsaturated/α-hetero) is 1. The maximum absolute atomic E-state index is 12.9. The lowest BCUT2D eigenvalue weighted by atomic mass is 9.76. The fourth-order valence-electron chi connectivity index (χ4n) is 4.41. The Balaban J connectivity index is 1.60. The van der Waals surface area contributed by atoms with Crippen molar-refractivity contribution in [3.63, 3.8) is 0 Å². The number of benzene rings is 2. The number of amides is 2. The van der Waals surface area contributed by atoms with Gasteiger partial charge < -0.3 is 11.1 Å². The van der Waals surface area contributed by atoms with Crippen LogP contribution < -0.4 is 11.1 Å². The van der Waals surface area contributed by atoms with Crippen molar-refractivity contribution >= 4 is 23.7 Å². The quantitative estimate of drug-likeness (QED) is 0.555. The Morgan fingerprint density at radius 2 is 1.59 bits per heavy atom. The number of hydrogen-bond acceptors (Lipinski definition) is 3. The van der Waals surface area contributed by atoms with E-state index in [1.807, 2.05) is 66.7 Å². The maximum Gasteiger partial charge on any atom is 0.247 e. The van der Waals surface area contributed by atoms with Crippen LogP contribution >= 0.6 is 0 Å². The summed E-state index contributed by atoms with van der Waals surface area (Å²) in [6.07, 6.45) is 7.06. The van der Waals surface area contributed by atoms with Crippen LogP contribution in [0.15, 0.2) is 66.2 Å². The van der Waals surface area contributed by atoms with E-state index in [4.69, 9.17) is 5.73 Å². The molecule has 2 atom stereocenters. The third-order valence-electron chi connectivity index (χ3n) is 6.17. The summed E-state index contributed by atoms with van der Waals surface area (Å²) in [4.78, 5) is 37.2. The molecule has 32 heavy (non-hydrogen) atoms. The van der Waals surface area contributed by atoms with Gasteiger partial charge in [-0.1, -0.05) is 73.5 Å². The predicted octanol–water partition coefficient (Wildman–Crippen LogP) is 4.07. The Kier molecular flexibility index (Phi) is 8.79. The van der Waals surface area contributed by atoms with Crippen molar-refractivity contribution < 1.29 is 14.4 Å². The molecule has 0 aliphatic heterocycles.